The molecule has 1 unspecified atom stereocenters. The number of allylic oxidation sites excluding steroid dienone is 1. The van der Waals surface area contributed by atoms with Crippen LogP contribution in [0.1, 0.15) is 24.8 Å². The van der Waals surface area contributed by atoms with Gasteiger partial charge in [0.25, 0.3) is 0 Å². The molecule has 21 heavy (non-hydrogen) atoms. The van der Waals surface area contributed by atoms with Crippen molar-refractivity contribution in [3.05, 3.63) is 48.1 Å². The molecule has 1 aliphatic rings. The summed E-state index contributed by atoms with van der Waals surface area (Å²) in [5.74, 6) is -0.988. The third kappa shape index (κ3) is 5.14. The molecule has 1 aromatic rings. The highest BCUT2D eigenvalue weighted by atomic mass is 16.4. The number of carboxylic acids is 1. The van der Waals surface area contributed by atoms with Gasteiger partial charge in [-0.15, -0.1) is 0 Å². The first-order valence-corrected chi connectivity index (χ1v) is 6.87. The van der Waals surface area contributed by atoms with Crippen molar-refractivity contribution in [1.82, 2.24) is 5.32 Å². The monoisotopic (exact) mass is 286 g/mol. The molecule has 1 atom stereocenters. The van der Waals surface area contributed by atoms with E-state index in [9.17, 15) is 9.59 Å². The average molecular weight is 286 g/mol. The molecule has 0 saturated carbocycles. The maximum absolute atomic E-state index is 11.8. The lowest BCUT2D eigenvalue weighted by Crippen LogP contribution is -2.38. The minimum Gasteiger partial charge on any atom is -0.478 e. The van der Waals surface area contributed by atoms with Gasteiger partial charge in [-0.3, -0.25) is 0 Å². The van der Waals surface area contributed by atoms with Crippen molar-refractivity contribution in [3.8, 4) is 0 Å². The zero-order valence-electron chi connectivity index (χ0n) is 11.6. The van der Waals surface area contributed by atoms with Crippen molar-refractivity contribution >= 4 is 23.8 Å². The molecule has 110 valence electrons. The van der Waals surface area contributed by atoms with E-state index in [4.69, 9.17) is 5.11 Å². The van der Waals surface area contributed by atoms with E-state index < -0.39 is 5.97 Å². The van der Waals surface area contributed by atoms with Gasteiger partial charge in [-0.25, -0.2) is 9.59 Å². The third-order valence-electron chi connectivity index (χ3n) is 3.19. The molecule has 1 aromatic carbocycles. The Balaban J connectivity index is 1.86. The zero-order chi connectivity index (χ0) is 15.1. The number of carboxylic acid groups (broad SMARTS) is 1. The Hall–Kier alpha value is -2.56. The highest BCUT2D eigenvalue weighted by Gasteiger charge is 2.12. The average Bonchev–Trinajstić information content (AvgIpc) is 2.47. The number of rotatable bonds is 4. The van der Waals surface area contributed by atoms with Crippen LogP contribution in [-0.2, 0) is 4.79 Å². The third-order valence-corrected chi connectivity index (χ3v) is 3.19. The minimum absolute atomic E-state index is 0.188. The van der Waals surface area contributed by atoms with Crippen molar-refractivity contribution in [2.24, 2.45) is 0 Å². The van der Waals surface area contributed by atoms with Gasteiger partial charge in [-0.1, -0.05) is 24.3 Å². The number of hydrogen-bond donors (Lipinski definition) is 3. The fourth-order valence-electron chi connectivity index (χ4n) is 2.12. The van der Waals surface area contributed by atoms with Gasteiger partial charge in [-0.05, 0) is 43.0 Å². The van der Waals surface area contributed by atoms with Crippen LogP contribution >= 0.6 is 0 Å². The highest BCUT2D eigenvalue weighted by Crippen LogP contribution is 2.13. The number of urea groups is 1. The van der Waals surface area contributed by atoms with Crippen LogP contribution in [0.4, 0.5) is 10.5 Å². The standard InChI is InChI=1S/C16H18N2O3/c19-15(20)11-8-12-6-9-14(10-7-12)18-16(21)17-13-4-2-1-3-5-13/h1-2,6-11,13H,3-5H2,(H,19,20)(H2,17,18,21). The summed E-state index contributed by atoms with van der Waals surface area (Å²) in [7, 11) is 0. The van der Waals surface area contributed by atoms with Gasteiger partial charge in [0.2, 0.25) is 0 Å². The topological polar surface area (TPSA) is 78.4 Å². The van der Waals surface area contributed by atoms with E-state index >= 15 is 0 Å². The first-order chi connectivity index (χ1) is 10.1. The molecule has 5 heteroatoms. The molecular formula is C16H18N2O3. The molecular weight excluding hydrogens is 268 g/mol. The molecule has 0 spiro atoms. The Bertz CT molecular complexity index is 561. The van der Waals surface area contributed by atoms with Crippen molar-refractivity contribution in [1.29, 1.82) is 0 Å². The molecule has 0 heterocycles. The molecule has 0 aliphatic heterocycles. The van der Waals surface area contributed by atoms with Gasteiger partial charge in [0.1, 0.15) is 0 Å². The van der Waals surface area contributed by atoms with Gasteiger partial charge in [0.05, 0.1) is 0 Å². The molecule has 5 nitrogen and oxygen atoms in total. The maximum Gasteiger partial charge on any atom is 0.328 e. The van der Waals surface area contributed by atoms with Gasteiger partial charge in [-0.2, -0.15) is 0 Å². The number of aliphatic carboxylic acids is 1. The Labute approximate surface area is 123 Å². The lowest BCUT2D eigenvalue weighted by Gasteiger charge is -2.19. The summed E-state index contributed by atoms with van der Waals surface area (Å²) in [5.41, 5.74) is 1.44. The lowest BCUT2D eigenvalue weighted by molar-refractivity contribution is -0.131. The fourth-order valence-corrected chi connectivity index (χ4v) is 2.12. The molecule has 0 bridgehead atoms. The summed E-state index contributed by atoms with van der Waals surface area (Å²) in [6.07, 6.45) is 9.61. The summed E-state index contributed by atoms with van der Waals surface area (Å²) in [4.78, 5) is 22.3. The summed E-state index contributed by atoms with van der Waals surface area (Å²) in [6, 6.07) is 6.94. The molecule has 1 aliphatic carbocycles. The quantitative estimate of drug-likeness (QED) is 0.588. The Morgan fingerprint density at radius 1 is 1.19 bits per heavy atom. The number of anilines is 1. The Morgan fingerprint density at radius 2 is 1.95 bits per heavy atom. The predicted molar refractivity (Wildman–Crippen MR) is 82.0 cm³/mol. The summed E-state index contributed by atoms with van der Waals surface area (Å²) in [5, 5.41) is 14.2. The number of benzene rings is 1. The largest absolute Gasteiger partial charge is 0.478 e. The SMILES string of the molecule is O=C(O)C=Cc1ccc(NC(=O)NC2CC=CCC2)cc1. The van der Waals surface area contributed by atoms with Crippen molar-refractivity contribution in [3.63, 3.8) is 0 Å². The summed E-state index contributed by atoms with van der Waals surface area (Å²) >= 11 is 0. The van der Waals surface area contributed by atoms with Crippen molar-refractivity contribution < 1.29 is 14.7 Å². The van der Waals surface area contributed by atoms with Crippen LogP contribution in [0.25, 0.3) is 6.08 Å². The van der Waals surface area contributed by atoms with Gasteiger partial charge >= 0.3 is 12.0 Å². The molecule has 0 aromatic heterocycles. The van der Waals surface area contributed by atoms with Gasteiger partial charge < -0.3 is 15.7 Å². The van der Waals surface area contributed by atoms with Crippen LogP contribution in [-0.4, -0.2) is 23.1 Å². The van der Waals surface area contributed by atoms with E-state index in [1.165, 1.54) is 6.08 Å². The second-order valence-corrected chi connectivity index (χ2v) is 4.87. The maximum atomic E-state index is 11.8. The van der Waals surface area contributed by atoms with Gasteiger partial charge in [0.15, 0.2) is 0 Å². The van der Waals surface area contributed by atoms with Crippen LogP contribution in [0.15, 0.2) is 42.5 Å². The predicted octanol–water partition coefficient (Wildman–Crippen LogP) is 3.01. The highest BCUT2D eigenvalue weighted by molar-refractivity contribution is 5.90. The minimum atomic E-state index is -0.988. The second-order valence-electron chi connectivity index (χ2n) is 4.87. The molecule has 2 rings (SSSR count). The summed E-state index contributed by atoms with van der Waals surface area (Å²) < 4.78 is 0. The van der Waals surface area contributed by atoms with E-state index in [0.717, 1.165) is 30.9 Å². The summed E-state index contributed by atoms with van der Waals surface area (Å²) in [6.45, 7) is 0. The molecule has 3 N–H and O–H groups in total. The lowest BCUT2D eigenvalue weighted by atomic mass is 10.0. The number of carbonyl (C=O) groups excluding carboxylic acids is 1. The number of amides is 2. The van der Waals surface area contributed by atoms with Crippen molar-refractivity contribution in [2.75, 3.05) is 5.32 Å². The smallest absolute Gasteiger partial charge is 0.328 e. The Kier molecular flexibility index (Phi) is 5.15. The number of nitrogens with one attached hydrogen (secondary N) is 2. The fraction of sp³-hybridized carbons (Fsp3) is 0.250. The normalized spacial score (nSPS) is 17.6. The second kappa shape index (κ2) is 7.28. The van der Waals surface area contributed by atoms with Crippen LogP contribution in [0.2, 0.25) is 0 Å². The first kappa shape index (κ1) is 14.8. The molecule has 2 amide bonds. The number of carbonyl (C=O) groups is 2. The van der Waals surface area contributed by atoms with Crippen LogP contribution in [0.3, 0.4) is 0 Å². The van der Waals surface area contributed by atoms with Crippen LogP contribution in [0, 0.1) is 0 Å². The van der Waals surface area contributed by atoms with Crippen LogP contribution in [0.5, 0.6) is 0 Å². The number of hydrogen-bond acceptors (Lipinski definition) is 2. The van der Waals surface area contributed by atoms with Gasteiger partial charge in [0, 0.05) is 17.8 Å². The zero-order valence-corrected chi connectivity index (χ0v) is 11.6. The molecule has 0 saturated heterocycles. The first-order valence-electron chi connectivity index (χ1n) is 6.87. The van der Waals surface area contributed by atoms with E-state index in [1.807, 2.05) is 0 Å². The molecule has 0 fully saturated rings. The Morgan fingerprint density at radius 3 is 2.57 bits per heavy atom. The van der Waals surface area contributed by atoms with E-state index in [-0.39, 0.29) is 12.1 Å². The molecule has 0 radical (unpaired) electrons. The van der Waals surface area contributed by atoms with Crippen LogP contribution < -0.4 is 10.6 Å². The van der Waals surface area contributed by atoms with E-state index in [2.05, 4.69) is 22.8 Å². The van der Waals surface area contributed by atoms with E-state index in [1.54, 1.807) is 24.3 Å². The van der Waals surface area contributed by atoms with E-state index in [0.29, 0.717) is 5.69 Å². The van der Waals surface area contributed by atoms with Crippen molar-refractivity contribution in [2.45, 2.75) is 25.3 Å².